The van der Waals surface area contributed by atoms with Gasteiger partial charge in [-0.3, -0.25) is 4.79 Å². The van der Waals surface area contributed by atoms with Crippen molar-refractivity contribution < 1.29 is 19.6 Å². The second kappa shape index (κ2) is 4.87. The van der Waals surface area contributed by atoms with Gasteiger partial charge < -0.3 is 19.7 Å². The molecule has 0 radical (unpaired) electrons. The zero-order valence-corrected chi connectivity index (χ0v) is 9.54. The van der Waals surface area contributed by atoms with E-state index in [0.29, 0.717) is 24.1 Å². The largest absolute Gasteiger partial charge is 0.488 e. The smallest absolute Gasteiger partial charge is 0.423 e. The third kappa shape index (κ3) is 2.49. The predicted molar refractivity (Wildman–Crippen MR) is 63.0 cm³/mol. The highest BCUT2D eigenvalue weighted by Gasteiger charge is 2.30. The Hall–Kier alpha value is -1.37. The van der Waals surface area contributed by atoms with Crippen LogP contribution in [-0.4, -0.2) is 54.3 Å². The SMILES string of the molecule is COC1CN(C(=O)c2ccc(B(O)O)cc2)C1. The van der Waals surface area contributed by atoms with Gasteiger partial charge >= 0.3 is 7.12 Å². The number of ether oxygens (including phenoxy) is 1. The van der Waals surface area contributed by atoms with E-state index in [1.54, 1.807) is 24.1 Å². The average Bonchev–Trinajstić information content (AvgIpc) is 2.27. The Labute approximate surface area is 99.8 Å². The molecule has 1 aromatic rings. The molecule has 17 heavy (non-hydrogen) atoms. The number of methoxy groups -OCH3 is 1. The van der Waals surface area contributed by atoms with Gasteiger partial charge in [0.25, 0.3) is 5.91 Å². The van der Waals surface area contributed by atoms with Crippen molar-refractivity contribution in [1.29, 1.82) is 0 Å². The average molecular weight is 235 g/mol. The number of likely N-dealkylation sites (tertiary alicyclic amines) is 1. The highest BCUT2D eigenvalue weighted by atomic mass is 16.5. The second-order valence-electron chi connectivity index (χ2n) is 4.06. The van der Waals surface area contributed by atoms with Crippen LogP contribution in [0, 0.1) is 0 Å². The number of amides is 1. The number of hydrogen-bond donors (Lipinski definition) is 2. The molecule has 0 aromatic heterocycles. The third-order valence-corrected chi connectivity index (χ3v) is 2.92. The summed E-state index contributed by atoms with van der Waals surface area (Å²) in [5.41, 5.74) is 0.920. The third-order valence-electron chi connectivity index (χ3n) is 2.92. The van der Waals surface area contributed by atoms with Gasteiger partial charge in [-0.15, -0.1) is 0 Å². The van der Waals surface area contributed by atoms with E-state index in [1.807, 2.05) is 0 Å². The summed E-state index contributed by atoms with van der Waals surface area (Å²) in [5, 5.41) is 17.9. The van der Waals surface area contributed by atoms with Crippen molar-refractivity contribution in [1.82, 2.24) is 4.90 Å². The molecule has 6 heteroatoms. The maximum atomic E-state index is 11.9. The molecule has 1 heterocycles. The summed E-state index contributed by atoms with van der Waals surface area (Å²) in [5.74, 6) is -0.0581. The van der Waals surface area contributed by atoms with Gasteiger partial charge in [0.1, 0.15) is 0 Å². The van der Waals surface area contributed by atoms with Crippen LogP contribution < -0.4 is 5.46 Å². The van der Waals surface area contributed by atoms with Crippen molar-refractivity contribution in [2.24, 2.45) is 0 Å². The van der Waals surface area contributed by atoms with Crippen molar-refractivity contribution in [3.05, 3.63) is 29.8 Å². The van der Waals surface area contributed by atoms with E-state index >= 15 is 0 Å². The first-order chi connectivity index (χ1) is 8.11. The highest BCUT2D eigenvalue weighted by Crippen LogP contribution is 2.14. The van der Waals surface area contributed by atoms with Crippen LogP contribution in [-0.2, 0) is 4.74 Å². The minimum absolute atomic E-state index is 0.0581. The Morgan fingerprint density at radius 3 is 2.41 bits per heavy atom. The molecule has 1 aliphatic heterocycles. The van der Waals surface area contributed by atoms with Crippen LogP contribution >= 0.6 is 0 Å². The van der Waals surface area contributed by atoms with Crippen molar-refractivity contribution in [2.45, 2.75) is 6.10 Å². The van der Waals surface area contributed by atoms with Crippen LogP contribution in [0.3, 0.4) is 0 Å². The summed E-state index contributed by atoms with van der Waals surface area (Å²) >= 11 is 0. The van der Waals surface area contributed by atoms with Crippen LogP contribution in [0.2, 0.25) is 0 Å². The molecule has 1 aromatic carbocycles. The number of rotatable bonds is 3. The fourth-order valence-electron chi connectivity index (χ4n) is 1.73. The lowest BCUT2D eigenvalue weighted by Crippen LogP contribution is -2.54. The van der Waals surface area contributed by atoms with E-state index in [0.717, 1.165) is 0 Å². The summed E-state index contributed by atoms with van der Waals surface area (Å²) in [7, 11) is 0.130. The lowest BCUT2D eigenvalue weighted by atomic mass is 9.80. The summed E-state index contributed by atoms with van der Waals surface area (Å²) in [6.07, 6.45) is 0.137. The molecule has 1 amide bonds. The first-order valence-electron chi connectivity index (χ1n) is 5.40. The van der Waals surface area contributed by atoms with Crippen LogP contribution in [0.25, 0.3) is 0 Å². The Bertz CT molecular complexity index is 400. The first kappa shape index (κ1) is 12.1. The van der Waals surface area contributed by atoms with Gasteiger partial charge in [0.15, 0.2) is 0 Å². The summed E-state index contributed by atoms with van der Waals surface area (Å²) in [6.45, 7) is 1.22. The fraction of sp³-hybridized carbons (Fsp3) is 0.364. The quantitative estimate of drug-likeness (QED) is 0.648. The predicted octanol–water partition coefficient (Wildman–Crippen LogP) is -1.16. The van der Waals surface area contributed by atoms with Crippen molar-refractivity contribution in [3.63, 3.8) is 0 Å². The minimum atomic E-state index is -1.50. The zero-order valence-electron chi connectivity index (χ0n) is 9.54. The molecule has 0 bridgehead atoms. The Kier molecular flexibility index (Phi) is 3.47. The van der Waals surface area contributed by atoms with E-state index in [2.05, 4.69) is 0 Å². The first-order valence-corrected chi connectivity index (χ1v) is 5.40. The second-order valence-corrected chi connectivity index (χ2v) is 4.06. The zero-order chi connectivity index (χ0) is 12.4. The van der Waals surface area contributed by atoms with Crippen LogP contribution in [0.4, 0.5) is 0 Å². The van der Waals surface area contributed by atoms with Crippen LogP contribution in [0.5, 0.6) is 0 Å². The normalized spacial score (nSPS) is 15.6. The number of nitrogens with zero attached hydrogens (tertiary/aromatic N) is 1. The van der Waals surface area contributed by atoms with E-state index in [9.17, 15) is 4.79 Å². The van der Waals surface area contributed by atoms with Gasteiger partial charge in [-0.2, -0.15) is 0 Å². The van der Waals surface area contributed by atoms with Gasteiger partial charge in [-0.05, 0) is 17.6 Å². The van der Waals surface area contributed by atoms with Gasteiger partial charge in [-0.25, -0.2) is 0 Å². The standard InChI is InChI=1S/C11H14BNO4/c1-17-10-6-13(7-10)11(14)8-2-4-9(5-3-8)12(15)16/h2-5,10,15-16H,6-7H2,1H3. The molecular formula is C11H14BNO4. The molecule has 1 aliphatic rings. The fourth-order valence-corrected chi connectivity index (χ4v) is 1.73. The van der Waals surface area contributed by atoms with E-state index in [-0.39, 0.29) is 12.0 Å². The maximum absolute atomic E-state index is 11.9. The topological polar surface area (TPSA) is 70.0 Å². The number of hydrogen-bond acceptors (Lipinski definition) is 4. The van der Waals surface area contributed by atoms with Crippen LogP contribution in [0.1, 0.15) is 10.4 Å². The van der Waals surface area contributed by atoms with Crippen molar-refractivity contribution >= 4 is 18.5 Å². The lowest BCUT2D eigenvalue weighted by Gasteiger charge is -2.38. The highest BCUT2D eigenvalue weighted by molar-refractivity contribution is 6.58. The molecule has 1 saturated heterocycles. The van der Waals surface area contributed by atoms with Crippen molar-refractivity contribution in [3.8, 4) is 0 Å². The Morgan fingerprint density at radius 2 is 1.94 bits per heavy atom. The van der Waals surface area contributed by atoms with E-state index in [4.69, 9.17) is 14.8 Å². The molecule has 0 saturated carbocycles. The Balaban J connectivity index is 2.01. The number of carbonyl (C=O) groups excluding carboxylic acids is 1. The molecule has 0 unspecified atom stereocenters. The molecule has 90 valence electrons. The van der Waals surface area contributed by atoms with Gasteiger partial charge in [0.05, 0.1) is 6.10 Å². The molecule has 0 aliphatic carbocycles. The van der Waals surface area contributed by atoms with E-state index in [1.165, 1.54) is 12.1 Å². The van der Waals surface area contributed by atoms with Crippen molar-refractivity contribution in [2.75, 3.05) is 20.2 Å². The van der Waals surface area contributed by atoms with E-state index < -0.39 is 7.12 Å². The van der Waals surface area contributed by atoms with Crippen LogP contribution in [0.15, 0.2) is 24.3 Å². The molecule has 0 spiro atoms. The van der Waals surface area contributed by atoms with Gasteiger partial charge in [0, 0.05) is 25.8 Å². The Morgan fingerprint density at radius 1 is 1.35 bits per heavy atom. The minimum Gasteiger partial charge on any atom is -0.423 e. The molecule has 1 fully saturated rings. The van der Waals surface area contributed by atoms with Gasteiger partial charge in [0.2, 0.25) is 0 Å². The maximum Gasteiger partial charge on any atom is 0.488 e. The summed E-state index contributed by atoms with van der Waals surface area (Å²) in [4.78, 5) is 13.6. The lowest BCUT2D eigenvalue weighted by molar-refractivity contribution is -0.0191. The number of benzene rings is 1. The molecule has 5 nitrogen and oxygen atoms in total. The monoisotopic (exact) mass is 235 g/mol. The summed E-state index contributed by atoms with van der Waals surface area (Å²) in [6, 6.07) is 6.26. The molecular weight excluding hydrogens is 221 g/mol. The molecule has 2 N–H and O–H groups in total. The number of carbonyl (C=O) groups is 1. The molecule has 0 atom stereocenters. The molecule has 2 rings (SSSR count). The summed E-state index contributed by atoms with van der Waals surface area (Å²) < 4.78 is 5.09. The van der Waals surface area contributed by atoms with Gasteiger partial charge in [-0.1, -0.05) is 12.1 Å².